The molecule has 0 spiro atoms. The van der Waals surface area contributed by atoms with E-state index in [9.17, 15) is 19.2 Å². The number of nitrogens with one attached hydrogen (secondary N) is 4. The molecule has 0 bridgehead atoms. The van der Waals surface area contributed by atoms with Crippen molar-refractivity contribution in [2.75, 3.05) is 73.0 Å². The number of halogens is 1. The van der Waals surface area contributed by atoms with Gasteiger partial charge < -0.3 is 58.0 Å². The molecule has 11 rings (SSSR count). The number of benzene rings is 4. The van der Waals surface area contributed by atoms with Crippen molar-refractivity contribution in [1.29, 1.82) is 0 Å². The van der Waals surface area contributed by atoms with Crippen LogP contribution in [0.3, 0.4) is 0 Å². The number of nitrogens with zero attached hydrogens (tertiary/aromatic N) is 2. The number of aromatic amines is 2. The van der Waals surface area contributed by atoms with E-state index in [1.165, 1.54) is 0 Å². The lowest BCUT2D eigenvalue weighted by Gasteiger charge is -2.32. The summed E-state index contributed by atoms with van der Waals surface area (Å²) in [6, 6.07) is 29.6. The Kier molecular flexibility index (Phi) is 15.6. The second-order valence-corrected chi connectivity index (χ2v) is 20.6. The molecular formula is C56H58BIN6O10. The van der Waals surface area contributed by atoms with Crippen molar-refractivity contribution in [3.63, 3.8) is 0 Å². The number of pyridine rings is 2. The van der Waals surface area contributed by atoms with Gasteiger partial charge in [0.25, 0.3) is 11.8 Å². The first kappa shape index (κ1) is 51.9. The average Bonchev–Trinajstić information content (AvgIpc) is 4.18. The average molecular weight is 1110 g/mol. The van der Waals surface area contributed by atoms with Gasteiger partial charge in [-0.25, -0.2) is 0 Å². The van der Waals surface area contributed by atoms with Gasteiger partial charge in [-0.1, -0.05) is 6.07 Å². The molecule has 0 unspecified atom stereocenters. The number of aromatic nitrogens is 2. The van der Waals surface area contributed by atoms with Gasteiger partial charge in [-0.2, -0.15) is 0 Å². The Balaban J connectivity index is 0.000000146. The van der Waals surface area contributed by atoms with Crippen LogP contribution in [0.15, 0.2) is 141 Å². The van der Waals surface area contributed by atoms with Crippen LogP contribution in [0.25, 0.3) is 32.9 Å². The van der Waals surface area contributed by atoms with Crippen LogP contribution in [0.1, 0.15) is 59.5 Å². The second-order valence-electron chi connectivity index (χ2n) is 19.3. The zero-order valence-electron chi connectivity index (χ0n) is 42.1. The Hall–Kier alpha value is -6.97. The van der Waals surface area contributed by atoms with Crippen LogP contribution >= 0.6 is 22.6 Å². The monoisotopic (exact) mass is 1110 g/mol. The molecule has 0 aliphatic carbocycles. The van der Waals surface area contributed by atoms with Crippen molar-refractivity contribution in [2.24, 2.45) is 0 Å². The van der Waals surface area contributed by atoms with Gasteiger partial charge in [0.2, 0.25) is 11.1 Å². The molecule has 3 aliphatic rings. The molecule has 4 N–H and O–H groups in total. The van der Waals surface area contributed by atoms with Gasteiger partial charge in [0.15, 0.2) is 0 Å². The molecule has 0 atom stereocenters. The molecule has 16 nitrogen and oxygen atoms in total. The van der Waals surface area contributed by atoms with Crippen molar-refractivity contribution in [1.82, 2.24) is 9.97 Å². The van der Waals surface area contributed by atoms with Gasteiger partial charge in [-0.3, -0.25) is 19.2 Å². The molecule has 2 amide bonds. The van der Waals surface area contributed by atoms with E-state index in [4.69, 9.17) is 27.6 Å². The largest absolute Gasteiger partial charge is 0.498 e. The number of carbonyl (C=O) groups excluding carboxylic acids is 2. The fourth-order valence-electron chi connectivity index (χ4n) is 8.96. The summed E-state index contributed by atoms with van der Waals surface area (Å²) >= 11 is 2.22. The number of aryl methyl sites for hydroxylation is 2. The Labute approximate surface area is 442 Å². The number of hydrogen-bond acceptors (Lipinski definition) is 12. The van der Waals surface area contributed by atoms with Crippen LogP contribution in [-0.2, 0) is 18.8 Å². The Morgan fingerprint density at radius 2 is 1.07 bits per heavy atom. The van der Waals surface area contributed by atoms with Crippen molar-refractivity contribution in [3.8, 4) is 11.1 Å². The number of hydrogen-bond donors (Lipinski definition) is 4. The van der Waals surface area contributed by atoms with E-state index >= 15 is 0 Å². The molecule has 18 heteroatoms. The normalized spacial score (nSPS) is 16.0. The van der Waals surface area contributed by atoms with Crippen molar-refractivity contribution in [2.45, 2.75) is 52.7 Å². The maximum absolute atomic E-state index is 13.4. The van der Waals surface area contributed by atoms with Crippen LogP contribution < -0.4 is 37.0 Å². The fraction of sp³-hybridized carbons (Fsp3) is 0.286. The molecule has 3 saturated heterocycles. The van der Waals surface area contributed by atoms with E-state index in [1.54, 1.807) is 49.3 Å². The van der Waals surface area contributed by atoms with Crippen LogP contribution in [0.2, 0.25) is 0 Å². The van der Waals surface area contributed by atoms with Crippen molar-refractivity contribution >= 4 is 91.5 Å². The van der Waals surface area contributed by atoms with Crippen LogP contribution in [0, 0.1) is 17.4 Å². The highest BCUT2D eigenvalue weighted by Crippen LogP contribution is 2.37. The van der Waals surface area contributed by atoms with Gasteiger partial charge in [0.05, 0.1) is 73.8 Å². The zero-order valence-corrected chi connectivity index (χ0v) is 44.3. The number of rotatable bonds is 8. The van der Waals surface area contributed by atoms with E-state index in [0.717, 1.165) is 90.6 Å². The number of carbonyl (C=O) groups is 2. The molecule has 382 valence electrons. The third-order valence-electron chi connectivity index (χ3n) is 13.7. The predicted molar refractivity (Wildman–Crippen MR) is 298 cm³/mol. The molecule has 0 saturated carbocycles. The molecule has 4 aromatic carbocycles. The van der Waals surface area contributed by atoms with Crippen LogP contribution in [0.4, 0.5) is 22.7 Å². The summed E-state index contributed by atoms with van der Waals surface area (Å²) < 4.78 is 33.8. The zero-order chi connectivity index (χ0) is 52.1. The lowest BCUT2D eigenvalue weighted by Crippen LogP contribution is -2.41. The molecule has 0 radical (unpaired) electrons. The molecule has 74 heavy (non-hydrogen) atoms. The number of amides is 2. The predicted octanol–water partition coefficient (Wildman–Crippen LogP) is 9.29. The van der Waals surface area contributed by atoms with Gasteiger partial charge in [0.1, 0.15) is 0 Å². The van der Waals surface area contributed by atoms with Crippen molar-refractivity contribution in [3.05, 3.63) is 169 Å². The maximum atomic E-state index is 13.4. The molecule has 4 aromatic heterocycles. The summed E-state index contributed by atoms with van der Waals surface area (Å²) in [6.07, 6.45) is 6.56. The fourth-order valence-corrected chi connectivity index (χ4v) is 9.45. The number of fused-ring (bicyclic) bond motifs is 2. The highest BCUT2D eigenvalue weighted by Gasteiger charge is 2.52. The standard InChI is InChI=1S/C25H23N3O4.C21H20IN3O3.C10H15BO3/c1-16-12-24(29)27-22-4-3-19(14-20(16)22)26-25(30)21-13-17(18-6-9-32-15-18)2-5-23(21)28-7-10-31-11-8-28;1-13-10-20(26)24-18-4-3-15(12-16(13)18)23-21(27)17-11-14(22)2-5-19(17)25-6-8-28-9-7-25;1-9(2)10(3,4)14-11(13-9)8-5-6-12-7-8/h2-6,9,12-15H,7-8,10-11H2,1H3,(H,26,30)(H,27,29);2-5,10-12H,6-9H2,1H3,(H,23,27)(H,24,26);5-7H,1-4H3. The Bertz CT molecular complexity index is 3400. The third kappa shape index (κ3) is 11.8. The lowest BCUT2D eigenvalue weighted by molar-refractivity contribution is 0.00578. The number of morpholine rings is 2. The number of furan rings is 2. The molecular weight excluding hydrogens is 1050 g/mol. The van der Waals surface area contributed by atoms with Gasteiger partial charge in [-0.15, -0.1) is 0 Å². The van der Waals surface area contributed by atoms with E-state index in [2.05, 4.69) is 53.0 Å². The number of H-pyrrole nitrogens is 2. The van der Waals surface area contributed by atoms with Gasteiger partial charge in [-0.05, 0) is 160 Å². The first-order valence-electron chi connectivity index (χ1n) is 24.4. The summed E-state index contributed by atoms with van der Waals surface area (Å²) in [5.41, 5.74) is 9.54. The Morgan fingerprint density at radius 3 is 1.55 bits per heavy atom. The highest BCUT2D eigenvalue weighted by molar-refractivity contribution is 14.1. The smallest absolute Gasteiger partial charge is 0.473 e. The summed E-state index contributed by atoms with van der Waals surface area (Å²) in [4.78, 5) is 59.8. The summed E-state index contributed by atoms with van der Waals surface area (Å²) in [5.74, 6) is -0.348. The van der Waals surface area contributed by atoms with E-state index in [-0.39, 0.29) is 41.3 Å². The van der Waals surface area contributed by atoms with Crippen LogP contribution in [0.5, 0.6) is 0 Å². The number of ether oxygens (including phenoxy) is 2. The molecule has 8 aromatic rings. The van der Waals surface area contributed by atoms with Crippen LogP contribution in [-0.4, -0.2) is 92.7 Å². The minimum atomic E-state index is -0.307. The lowest BCUT2D eigenvalue weighted by atomic mass is 9.81. The van der Waals surface area contributed by atoms with Crippen molar-refractivity contribution < 1.29 is 37.2 Å². The first-order chi connectivity index (χ1) is 35.5. The maximum Gasteiger partial charge on any atom is 0.498 e. The SMILES string of the molecule is CC1(C)OB(c2ccoc2)OC1(C)C.Cc1cc(=O)[nH]c2ccc(NC(=O)c3cc(-c4ccoc4)ccc3N3CCOCC3)cc12.Cc1cc(=O)[nH]c2ccc(NC(=O)c3cc(I)ccc3N3CCOCC3)cc12. The topological polar surface area (TPSA) is 194 Å². The highest BCUT2D eigenvalue weighted by atomic mass is 127. The molecule has 3 fully saturated rings. The minimum Gasteiger partial charge on any atom is -0.473 e. The quantitative estimate of drug-likeness (QED) is 0.0834. The summed E-state index contributed by atoms with van der Waals surface area (Å²) in [5, 5.41) is 7.84. The Morgan fingerprint density at radius 1 is 0.581 bits per heavy atom. The number of anilines is 4. The van der Waals surface area contributed by atoms with Gasteiger partial charge in [0, 0.05) is 97.5 Å². The molecule has 3 aliphatic heterocycles. The first-order valence-corrected chi connectivity index (χ1v) is 25.5. The molecule has 7 heterocycles. The third-order valence-corrected chi connectivity index (χ3v) is 14.4. The minimum absolute atomic E-state index is 0.129. The van der Waals surface area contributed by atoms with E-state index in [0.29, 0.717) is 48.9 Å². The summed E-state index contributed by atoms with van der Waals surface area (Å²) in [7, 11) is -0.307. The van der Waals surface area contributed by atoms with E-state index < -0.39 is 0 Å². The second kappa shape index (κ2) is 22.3. The van der Waals surface area contributed by atoms with Gasteiger partial charge >= 0.3 is 7.12 Å². The van der Waals surface area contributed by atoms with E-state index in [1.807, 2.05) is 114 Å². The summed E-state index contributed by atoms with van der Waals surface area (Å²) in [6.45, 7) is 17.5.